The molecule has 0 saturated heterocycles. The first-order valence-electron chi connectivity index (χ1n) is 6.34. The highest BCUT2D eigenvalue weighted by Crippen LogP contribution is 2.19. The maximum atomic E-state index is 13.3. The lowest BCUT2D eigenvalue weighted by atomic mass is 10.1. The van der Waals surface area contributed by atoms with Crippen LogP contribution in [-0.4, -0.2) is 15.5 Å². The van der Waals surface area contributed by atoms with E-state index >= 15 is 0 Å². The van der Waals surface area contributed by atoms with E-state index in [9.17, 15) is 19.1 Å². The minimum Gasteiger partial charge on any atom is -0.545 e. The number of fused-ring (bicyclic) bond motifs is 1. The first-order chi connectivity index (χ1) is 10.9. The van der Waals surface area contributed by atoms with Crippen LogP contribution in [0.15, 0.2) is 41.2 Å². The van der Waals surface area contributed by atoms with E-state index in [-0.39, 0.29) is 26.3 Å². The number of aromatic carboxylic acids is 1. The Kier molecular flexibility index (Phi) is 3.75. The number of rotatable bonds is 2. The van der Waals surface area contributed by atoms with Crippen molar-refractivity contribution in [3.8, 4) is 5.69 Å². The Labute approximate surface area is 138 Å². The van der Waals surface area contributed by atoms with Crippen LogP contribution in [0.5, 0.6) is 0 Å². The van der Waals surface area contributed by atoms with Gasteiger partial charge in [-0.25, -0.2) is 4.39 Å². The van der Waals surface area contributed by atoms with Gasteiger partial charge in [0.15, 0.2) is 4.77 Å². The van der Waals surface area contributed by atoms with Gasteiger partial charge in [-0.1, -0.05) is 17.7 Å². The van der Waals surface area contributed by atoms with Crippen LogP contribution in [0.4, 0.5) is 4.39 Å². The monoisotopic (exact) mass is 349 g/mol. The summed E-state index contributed by atoms with van der Waals surface area (Å²) in [6.45, 7) is 0. The molecule has 0 saturated carbocycles. The van der Waals surface area contributed by atoms with Crippen molar-refractivity contribution in [2.45, 2.75) is 0 Å². The largest absolute Gasteiger partial charge is 0.545 e. The number of hydrogen-bond acceptors (Lipinski definition) is 4. The summed E-state index contributed by atoms with van der Waals surface area (Å²) in [6.07, 6.45) is 0. The fourth-order valence-electron chi connectivity index (χ4n) is 2.20. The van der Waals surface area contributed by atoms with Gasteiger partial charge in [0.1, 0.15) is 5.82 Å². The Hall–Kier alpha value is -2.51. The van der Waals surface area contributed by atoms with Crippen LogP contribution >= 0.6 is 23.8 Å². The van der Waals surface area contributed by atoms with Crippen LogP contribution < -0.4 is 10.7 Å². The second kappa shape index (κ2) is 5.60. The van der Waals surface area contributed by atoms with Crippen LogP contribution in [0.25, 0.3) is 16.6 Å². The fraction of sp³-hybridized carbons (Fsp3) is 0. The Bertz CT molecular complexity index is 1070. The molecule has 0 atom stereocenters. The van der Waals surface area contributed by atoms with Crippen molar-refractivity contribution in [2.75, 3.05) is 0 Å². The van der Waals surface area contributed by atoms with Crippen LogP contribution in [0, 0.1) is 10.6 Å². The number of nitrogens with one attached hydrogen (secondary N) is 1. The zero-order valence-corrected chi connectivity index (χ0v) is 12.9. The quantitative estimate of drug-likeness (QED) is 0.719. The topological polar surface area (TPSA) is 77.9 Å². The van der Waals surface area contributed by atoms with E-state index in [0.717, 1.165) is 10.6 Å². The van der Waals surface area contributed by atoms with Gasteiger partial charge in [0, 0.05) is 0 Å². The summed E-state index contributed by atoms with van der Waals surface area (Å²) in [5.41, 5.74) is 0.0149. The summed E-state index contributed by atoms with van der Waals surface area (Å²) < 4.78 is 14.5. The number of carbonyl (C=O) groups excluding carboxylic acids is 1. The Morgan fingerprint density at radius 1 is 1.26 bits per heavy atom. The average molecular weight is 350 g/mol. The minimum absolute atomic E-state index is 0.0284. The number of carbonyl (C=O) groups is 1. The van der Waals surface area contributed by atoms with Crippen molar-refractivity contribution in [2.24, 2.45) is 0 Å². The lowest BCUT2D eigenvalue weighted by Crippen LogP contribution is -2.23. The van der Waals surface area contributed by atoms with Crippen LogP contribution in [0.3, 0.4) is 0 Å². The van der Waals surface area contributed by atoms with Crippen molar-refractivity contribution in [1.29, 1.82) is 0 Å². The molecule has 0 aliphatic heterocycles. The third kappa shape index (κ3) is 2.64. The summed E-state index contributed by atoms with van der Waals surface area (Å²) in [7, 11) is 0. The second-order valence-electron chi connectivity index (χ2n) is 4.72. The van der Waals surface area contributed by atoms with Gasteiger partial charge in [0.2, 0.25) is 0 Å². The Morgan fingerprint density at radius 3 is 2.65 bits per heavy atom. The summed E-state index contributed by atoms with van der Waals surface area (Å²) >= 11 is 10.9. The molecule has 3 rings (SSSR count). The molecule has 1 N–H and O–H groups in total. The molecule has 0 bridgehead atoms. The Morgan fingerprint density at radius 2 is 2.00 bits per heavy atom. The van der Waals surface area contributed by atoms with Gasteiger partial charge in [0.05, 0.1) is 27.6 Å². The third-order valence-electron chi connectivity index (χ3n) is 3.29. The molecule has 1 aromatic heterocycles. The standard InChI is InChI=1S/C15H8ClFN2O3S/c16-10-6-8(2-4-11(10)17)19-13(20)9-3-1-7(14(21)22)5-12(9)18-15(19)23/h1-6H,(H,18,23)(H,21,22)/p-1. The summed E-state index contributed by atoms with van der Waals surface area (Å²) in [4.78, 5) is 26.3. The first kappa shape index (κ1) is 15.4. The maximum Gasteiger partial charge on any atom is 0.266 e. The summed E-state index contributed by atoms with van der Waals surface area (Å²) in [5, 5.41) is 11.0. The van der Waals surface area contributed by atoms with Crippen molar-refractivity contribution >= 4 is 40.7 Å². The highest BCUT2D eigenvalue weighted by molar-refractivity contribution is 7.71. The number of H-pyrrole nitrogens is 1. The number of aromatic amines is 1. The molecule has 8 heteroatoms. The third-order valence-corrected chi connectivity index (χ3v) is 3.87. The zero-order chi connectivity index (χ0) is 16.7. The minimum atomic E-state index is -1.36. The van der Waals surface area contributed by atoms with E-state index in [2.05, 4.69) is 4.98 Å². The van der Waals surface area contributed by atoms with Gasteiger partial charge in [-0.2, -0.15) is 0 Å². The lowest BCUT2D eigenvalue weighted by Gasteiger charge is -2.10. The highest BCUT2D eigenvalue weighted by atomic mass is 35.5. The van der Waals surface area contributed by atoms with E-state index in [1.807, 2.05) is 0 Å². The van der Waals surface area contributed by atoms with E-state index in [1.54, 1.807) is 0 Å². The normalized spacial score (nSPS) is 10.9. The van der Waals surface area contributed by atoms with E-state index in [4.69, 9.17) is 23.8 Å². The SMILES string of the molecule is O=C([O-])c1ccc2c(=O)n(-c3ccc(F)c(Cl)c3)c(=S)[nH]c2c1. The van der Waals surface area contributed by atoms with Crippen molar-refractivity contribution in [1.82, 2.24) is 9.55 Å². The number of benzene rings is 2. The molecule has 0 amide bonds. The van der Waals surface area contributed by atoms with E-state index in [1.165, 1.54) is 30.3 Å². The summed E-state index contributed by atoms with van der Waals surface area (Å²) in [6, 6.07) is 7.66. The second-order valence-corrected chi connectivity index (χ2v) is 5.51. The summed E-state index contributed by atoms with van der Waals surface area (Å²) in [5.74, 6) is -1.97. The number of nitrogens with zero attached hydrogens (tertiary/aromatic N) is 1. The molecule has 0 aliphatic rings. The van der Waals surface area contributed by atoms with Crippen molar-refractivity contribution in [3.63, 3.8) is 0 Å². The molecule has 23 heavy (non-hydrogen) atoms. The molecular formula is C15H7ClFN2O3S-. The number of halogens is 2. The molecule has 1 heterocycles. The lowest BCUT2D eigenvalue weighted by molar-refractivity contribution is -0.255. The molecule has 5 nitrogen and oxygen atoms in total. The molecular weight excluding hydrogens is 343 g/mol. The van der Waals surface area contributed by atoms with Gasteiger partial charge in [0.25, 0.3) is 5.56 Å². The molecule has 0 fully saturated rings. The van der Waals surface area contributed by atoms with Gasteiger partial charge in [-0.15, -0.1) is 0 Å². The van der Waals surface area contributed by atoms with Gasteiger partial charge < -0.3 is 14.9 Å². The maximum absolute atomic E-state index is 13.3. The highest BCUT2D eigenvalue weighted by Gasteiger charge is 2.10. The fourth-order valence-corrected chi connectivity index (χ4v) is 2.68. The van der Waals surface area contributed by atoms with Gasteiger partial charge >= 0.3 is 0 Å². The van der Waals surface area contributed by atoms with Gasteiger partial charge in [-0.05, 0) is 48.1 Å². The molecule has 0 aliphatic carbocycles. The number of carboxylic acids is 1. The van der Waals surface area contributed by atoms with Crippen molar-refractivity contribution in [3.05, 3.63) is 67.9 Å². The number of aromatic nitrogens is 2. The van der Waals surface area contributed by atoms with Crippen LogP contribution in [0.2, 0.25) is 5.02 Å². The number of hydrogen-bond donors (Lipinski definition) is 1. The zero-order valence-electron chi connectivity index (χ0n) is 11.3. The van der Waals surface area contributed by atoms with Crippen molar-refractivity contribution < 1.29 is 14.3 Å². The average Bonchev–Trinajstić information content (AvgIpc) is 2.50. The van der Waals surface area contributed by atoms with E-state index in [0.29, 0.717) is 5.69 Å². The predicted molar refractivity (Wildman–Crippen MR) is 84.0 cm³/mol. The van der Waals surface area contributed by atoms with Crippen LogP contribution in [-0.2, 0) is 0 Å². The smallest absolute Gasteiger partial charge is 0.266 e. The predicted octanol–water partition coefficient (Wildman–Crippen LogP) is 2.20. The molecule has 0 radical (unpaired) electrons. The Balaban J connectivity index is 2.33. The molecule has 3 aromatic rings. The molecule has 0 spiro atoms. The number of carboxylic acid groups (broad SMARTS) is 1. The van der Waals surface area contributed by atoms with Gasteiger partial charge in [-0.3, -0.25) is 9.36 Å². The molecule has 2 aromatic carbocycles. The first-order valence-corrected chi connectivity index (χ1v) is 7.13. The van der Waals surface area contributed by atoms with Crippen LogP contribution in [0.1, 0.15) is 10.4 Å². The van der Waals surface area contributed by atoms with E-state index < -0.39 is 17.3 Å². The molecule has 0 unspecified atom stereocenters. The molecule has 116 valence electrons.